The van der Waals surface area contributed by atoms with Crippen LogP contribution in [-0.2, 0) is 6.54 Å². The van der Waals surface area contributed by atoms with Crippen LogP contribution < -0.4 is 5.32 Å². The molecule has 1 aromatic heterocycles. The molecular formula is C15H29N5. The first kappa shape index (κ1) is 15.4. The molecule has 1 aromatic rings. The third-order valence-electron chi connectivity index (χ3n) is 4.21. The summed E-state index contributed by atoms with van der Waals surface area (Å²) >= 11 is 0. The number of hydrogen-bond acceptors (Lipinski definition) is 4. The molecule has 1 saturated heterocycles. The van der Waals surface area contributed by atoms with Gasteiger partial charge >= 0.3 is 0 Å². The van der Waals surface area contributed by atoms with E-state index in [0.717, 1.165) is 25.5 Å². The summed E-state index contributed by atoms with van der Waals surface area (Å²) in [5.74, 6) is 1.10. The van der Waals surface area contributed by atoms with Crippen LogP contribution in [0.1, 0.15) is 58.8 Å². The minimum Gasteiger partial charge on any atom is -0.311 e. The van der Waals surface area contributed by atoms with E-state index >= 15 is 0 Å². The highest BCUT2D eigenvalue weighted by Gasteiger charge is 2.27. The lowest BCUT2D eigenvalue weighted by Crippen LogP contribution is -2.55. The van der Waals surface area contributed by atoms with Crippen LogP contribution in [0.5, 0.6) is 0 Å². The first-order chi connectivity index (χ1) is 9.65. The molecule has 5 heteroatoms. The molecule has 0 aliphatic carbocycles. The van der Waals surface area contributed by atoms with Gasteiger partial charge in [0, 0.05) is 31.2 Å². The first-order valence-corrected chi connectivity index (χ1v) is 8.01. The molecule has 0 saturated carbocycles. The lowest BCUT2D eigenvalue weighted by Gasteiger charge is -2.40. The van der Waals surface area contributed by atoms with Crippen molar-refractivity contribution in [1.82, 2.24) is 25.0 Å². The van der Waals surface area contributed by atoms with Crippen molar-refractivity contribution in [2.24, 2.45) is 0 Å². The van der Waals surface area contributed by atoms with Crippen molar-refractivity contribution < 1.29 is 0 Å². The van der Waals surface area contributed by atoms with E-state index in [4.69, 9.17) is 0 Å². The second-order valence-corrected chi connectivity index (χ2v) is 6.10. The second-order valence-electron chi connectivity index (χ2n) is 6.10. The van der Waals surface area contributed by atoms with Gasteiger partial charge in [-0.25, -0.2) is 9.67 Å². The average molecular weight is 279 g/mol. The monoisotopic (exact) mass is 279 g/mol. The minimum absolute atomic E-state index is 0.377. The Morgan fingerprint density at radius 3 is 2.85 bits per heavy atom. The van der Waals surface area contributed by atoms with Crippen molar-refractivity contribution in [2.75, 3.05) is 13.1 Å². The van der Waals surface area contributed by atoms with E-state index in [1.54, 1.807) is 6.33 Å². The van der Waals surface area contributed by atoms with Gasteiger partial charge in [-0.3, -0.25) is 4.90 Å². The van der Waals surface area contributed by atoms with Gasteiger partial charge in [-0.15, -0.1) is 0 Å². The third kappa shape index (κ3) is 3.58. The Labute approximate surface area is 122 Å². The van der Waals surface area contributed by atoms with Crippen LogP contribution in [-0.4, -0.2) is 44.8 Å². The summed E-state index contributed by atoms with van der Waals surface area (Å²) in [5.41, 5.74) is 0. The summed E-state index contributed by atoms with van der Waals surface area (Å²) in [6.45, 7) is 12.0. The summed E-state index contributed by atoms with van der Waals surface area (Å²) in [4.78, 5) is 7.06. The zero-order chi connectivity index (χ0) is 14.5. The molecular weight excluding hydrogens is 250 g/mol. The van der Waals surface area contributed by atoms with E-state index in [2.05, 4.69) is 48.0 Å². The van der Waals surface area contributed by atoms with Crippen LogP contribution in [0.4, 0.5) is 0 Å². The van der Waals surface area contributed by atoms with Crippen LogP contribution in [0.15, 0.2) is 6.33 Å². The van der Waals surface area contributed by atoms with Gasteiger partial charge in [0.15, 0.2) is 0 Å². The fourth-order valence-corrected chi connectivity index (χ4v) is 3.01. The largest absolute Gasteiger partial charge is 0.311 e. The number of hydrogen-bond donors (Lipinski definition) is 1. The van der Waals surface area contributed by atoms with Crippen molar-refractivity contribution in [1.29, 1.82) is 0 Å². The molecule has 5 nitrogen and oxygen atoms in total. The van der Waals surface area contributed by atoms with Crippen molar-refractivity contribution >= 4 is 0 Å². The third-order valence-corrected chi connectivity index (χ3v) is 4.21. The summed E-state index contributed by atoms with van der Waals surface area (Å²) in [6.07, 6.45) is 5.35. The molecule has 0 amide bonds. The lowest BCUT2D eigenvalue weighted by molar-refractivity contribution is 0.108. The molecule has 0 radical (unpaired) electrons. The molecule has 20 heavy (non-hydrogen) atoms. The van der Waals surface area contributed by atoms with Gasteiger partial charge in [-0.1, -0.05) is 20.3 Å². The molecule has 1 N–H and O–H groups in total. The number of nitrogens with zero attached hydrogens (tertiary/aromatic N) is 4. The molecule has 2 rings (SSSR count). The zero-order valence-electron chi connectivity index (χ0n) is 13.3. The molecule has 0 bridgehead atoms. The van der Waals surface area contributed by atoms with Gasteiger partial charge in [-0.05, 0) is 26.7 Å². The van der Waals surface area contributed by atoms with Crippen LogP contribution in [0.2, 0.25) is 0 Å². The van der Waals surface area contributed by atoms with Gasteiger partial charge in [-0.2, -0.15) is 5.10 Å². The summed E-state index contributed by atoms with van der Waals surface area (Å²) < 4.78 is 2.05. The van der Waals surface area contributed by atoms with Crippen LogP contribution in [0, 0.1) is 0 Å². The lowest BCUT2D eigenvalue weighted by atomic mass is 10.0. The normalized spacial score (nSPS) is 24.4. The zero-order valence-corrected chi connectivity index (χ0v) is 13.3. The molecule has 2 atom stereocenters. The quantitative estimate of drug-likeness (QED) is 0.867. The van der Waals surface area contributed by atoms with E-state index in [9.17, 15) is 0 Å². The highest BCUT2D eigenvalue weighted by Crippen LogP contribution is 2.17. The standard InChI is InChI=1S/C15H29N5/c1-5-7-14-8-16-13(6-2)9-19(14)10-15-17-11-18-20(15)12(3)4/h11-14,16H,5-10H2,1-4H3. The van der Waals surface area contributed by atoms with Gasteiger partial charge in [0.25, 0.3) is 0 Å². The fourth-order valence-electron chi connectivity index (χ4n) is 3.01. The van der Waals surface area contributed by atoms with Crippen molar-refractivity contribution in [3.05, 3.63) is 12.2 Å². The van der Waals surface area contributed by atoms with E-state index < -0.39 is 0 Å². The Bertz CT molecular complexity index is 401. The predicted octanol–water partition coefficient (Wildman–Crippen LogP) is 2.21. The van der Waals surface area contributed by atoms with Crippen LogP contribution >= 0.6 is 0 Å². The predicted molar refractivity (Wildman–Crippen MR) is 81.6 cm³/mol. The number of piperazine rings is 1. The van der Waals surface area contributed by atoms with Crippen molar-refractivity contribution in [3.8, 4) is 0 Å². The fraction of sp³-hybridized carbons (Fsp3) is 0.867. The Hall–Kier alpha value is -0.940. The maximum atomic E-state index is 4.47. The summed E-state index contributed by atoms with van der Waals surface area (Å²) in [7, 11) is 0. The second kappa shape index (κ2) is 7.18. The van der Waals surface area contributed by atoms with Gasteiger partial charge < -0.3 is 5.32 Å². The Balaban J connectivity index is 2.08. The summed E-state index contributed by atoms with van der Waals surface area (Å²) in [6, 6.07) is 1.61. The van der Waals surface area contributed by atoms with Crippen LogP contribution in [0.25, 0.3) is 0 Å². The van der Waals surface area contributed by atoms with Crippen molar-refractivity contribution in [3.63, 3.8) is 0 Å². The minimum atomic E-state index is 0.377. The number of nitrogens with one attached hydrogen (secondary N) is 1. The van der Waals surface area contributed by atoms with E-state index in [1.165, 1.54) is 19.3 Å². The SMILES string of the molecule is CCCC1CNC(CC)CN1Cc1ncnn1C(C)C. The molecule has 1 aliphatic rings. The maximum absolute atomic E-state index is 4.47. The molecule has 0 aromatic carbocycles. The van der Waals surface area contributed by atoms with E-state index in [0.29, 0.717) is 18.1 Å². The Kier molecular flexibility index (Phi) is 5.54. The molecule has 1 fully saturated rings. The topological polar surface area (TPSA) is 46.0 Å². The highest BCUT2D eigenvalue weighted by molar-refractivity contribution is 4.92. The van der Waals surface area contributed by atoms with Crippen molar-refractivity contribution in [2.45, 2.75) is 71.6 Å². The highest BCUT2D eigenvalue weighted by atomic mass is 15.4. The Morgan fingerprint density at radius 1 is 1.40 bits per heavy atom. The molecule has 2 unspecified atom stereocenters. The molecule has 0 spiro atoms. The molecule has 114 valence electrons. The van der Waals surface area contributed by atoms with Gasteiger partial charge in [0.2, 0.25) is 0 Å². The molecule has 2 heterocycles. The summed E-state index contributed by atoms with van der Waals surface area (Å²) in [5, 5.41) is 8.02. The van der Waals surface area contributed by atoms with Gasteiger partial charge in [0.1, 0.15) is 12.2 Å². The van der Waals surface area contributed by atoms with Crippen LogP contribution in [0.3, 0.4) is 0 Å². The molecule has 1 aliphatic heterocycles. The smallest absolute Gasteiger partial charge is 0.141 e. The van der Waals surface area contributed by atoms with Gasteiger partial charge in [0.05, 0.1) is 6.54 Å². The van der Waals surface area contributed by atoms with E-state index in [-0.39, 0.29) is 0 Å². The number of aromatic nitrogens is 3. The number of rotatable bonds is 6. The van der Waals surface area contributed by atoms with E-state index in [1.807, 2.05) is 4.68 Å². The first-order valence-electron chi connectivity index (χ1n) is 8.01. The Morgan fingerprint density at radius 2 is 2.20 bits per heavy atom. The average Bonchev–Trinajstić information content (AvgIpc) is 2.89. The maximum Gasteiger partial charge on any atom is 0.141 e.